The number of pyridine rings is 1. The molecule has 6 heteroatoms. The molecular weight excluding hydrogens is 440 g/mol. The highest BCUT2D eigenvalue weighted by atomic mass is 16.4. The highest BCUT2D eigenvalue weighted by Crippen LogP contribution is 2.40. The summed E-state index contributed by atoms with van der Waals surface area (Å²) in [6.45, 7) is 1.95. The van der Waals surface area contributed by atoms with Crippen LogP contribution in [0.1, 0.15) is 38.7 Å². The molecule has 0 aliphatic heterocycles. The molecule has 0 spiro atoms. The van der Waals surface area contributed by atoms with E-state index in [-0.39, 0.29) is 22.5 Å². The summed E-state index contributed by atoms with van der Waals surface area (Å²) in [7, 11) is 1.66. The normalized spacial score (nSPS) is 12.1. The molecule has 2 aromatic heterocycles. The molecule has 0 aliphatic rings. The second-order valence-corrected chi connectivity index (χ2v) is 8.67. The number of para-hydroxylation sites is 1. The van der Waals surface area contributed by atoms with Crippen molar-refractivity contribution in [1.82, 2.24) is 9.13 Å². The largest absolute Gasteiger partial charge is 0.508 e. The second-order valence-electron chi connectivity index (χ2n) is 8.67. The Labute approximate surface area is 202 Å². The molecule has 35 heavy (non-hydrogen) atoms. The van der Waals surface area contributed by atoms with Crippen LogP contribution in [0, 0.1) is 6.92 Å². The number of hydrogen-bond donors (Lipinski definition) is 2. The van der Waals surface area contributed by atoms with Crippen molar-refractivity contribution in [3.8, 4) is 11.4 Å². The van der Waals surface area contributed by atoms with Crippen LogP contribution in [0.2, 0.25) is 0 Å². The van der Waals surface area contributed by atoms with E-state index in [2.05, 4.69) is 0 Å². The first-order chi connectivity index (χ1) is 16.9. The van der Waals surface area contributed by atoms with Gasteiger partial charge in [0.1, 0.15) is 17.0 Å². The zero-order valence-corrected chi connectivity index (χ0v) is 19.3. The van der Waals surface area contributed by atoms with Crippen LogP contribution in [0.5, 0.6) is 5.75 Å². The summed E-state index contributed by atoms with van der Waals surface area (Å²) in [6, 6.07) is 25.7. The number of carboxylic acids is 1. The average molecular weight is 465 g/mol. The number of nitrogens with zero attached hydrogens (tertiary/aromatic N) is 2. The van der Waals surface area contributed by atoms with Gasteiger partial charge in [0.2, 0.25) is 0 Å². The maximum absolute atomic E-state index is 13.4. The summed E-state index contributed by atoms with van der Waals surface area (Å²) >= 11 is 0. The molecule has 174 valence electrons. The predicted molar refractivity (Wildman–Crippen MR) is 136 cm³/mol. The fourth-order valence-electron chi connectivity index (χ4n) is 4.70. The van der Waals surface area contributed by atoms with E-state index in [0.29, 0.717) is 16.6 Å². The molecule has 1 unspecified atom stereocenters. The third-order valence-electron chi connectivity index (χ3n) is 6.37. The Morgan fingerprint density at radius 3 is 2.20 bits per heavy atom. The number of phenols is 1. The number of phenolic OH excluding ortho intramolecular Hbond substituents is 1. The van der Waals surface area contributed by atoms with Crippen molar-refractivity contribution < 1.29 is 15.0 Å². The molecule has 2 heterocycles. The van der Waals surface area contributed by atoms with E-state index in [1.165, 1.54) is 9.13 Å². The highest BCUT2D eigenvalue weighted by molar-refractivity contribution is 5.97. The number of aromatic hydroxyl groups is 1. The van der Waals surface area contributed by atoms with Crippen LogP contribution < -0.4 is 5.56 Å². The Balaban J connectivity index is 1.91. The molecular formula is C29H24N2O4. The van der Waals surface area contributed by atoms with Gasteiger partial charge in [-0.25, -0.2) is 4.79 Å². The predicted octanol–water partition coefficient (Wildman–Crippen LogP) is 5.22. The molecule has 0 amide bonds. The highest BCUT2D eigenvalue weighted by Gasteiger charge is 2.27. The second kappa shape index (κ2) is 8.65. The Morgan fingerprint density at radius 2 is 1.54 bits per heavy atom. The van der Waals surface area contributed by atoms with E-state index >= 15 is 0 Å². The summed E-state index contributed by atoms with van der Waals surface area (Å²) in [5.74, 6) is -1.43. The molecule has 3 aromatic carbocycles. The third-order valence-corrected chi connectivity index (χ3v) is 6.37. The van der Waals surface area contributed by atoms with Gasteiger partial charge < -0.3 is 14.8 Å². The minimum absolute atomic E-state index is 0.00232. The summed E-state index contributed by atoms with van der Waals surface area (Å²) in [4.78, 5) is 25.8. The van der Waals surface area contributed by atoms with Gasteiger partial charge in [-0.15, -0.1) is 0 Å². The summed E-state index contributed by atoms with van der Waals surface area (Å²) in [5, 5.41) is 21.4. The maximum atomic E-state index is 13.4. The molecule has 5 aromatic rings. The van der Waals surface area contributed by atoms with E-state index in [1.807, 2.05) is 73.7 Å². The fraction of sp³-hybridized carbons (Fsp3) is 0.103. The Kier molecular flexibility index (Phi) is 5.49. The van der Waals surface area contributed by atoms with E-state index in [0.717, 1.165) is 16.7 Å². The number of aryl methyl sites for hydroxylation is 2. The standard InChI is InChI=1S/C29H24N2O4/c1-18-12-14-20(15-13-18)31-24(29(34)35)16-22-23(17-30(2)28(33)27(22)31)26(19-8-4-3-5-9-19)21-10-6-7-11-25(21)32/h3-17,26,32H,1-2H3,(H,34,35). The lowest BCUT2D eigenvalue weighted by atomic mass is 9.84. The van der Waals surface area contributed by atoms with Crippen molar-refractivity contribution in [2.45, 2.75) is 12.8 Å². The number of carbonyl (C=O) groups is 1. The van der Waals surface area contributed by atoms with Gasteiger partial charge in [0, 0.05) is 35.8 Å². The number of aromatic carboxylic acids is 1. The molecule has 0 aliphatic carbocycles. The van der Waals surface area contributed by atoms with Crippen molar-refractivity contribution in [3.05, 3.63) is 129 Å². The van der Waals surface area contributed by atoms with Gasteiger partial charge in [0.25, 0.3) is 5.56 Å². The Hall–Kier alpha value is -4.58. The van der Waals surface area contributed by atoms with Crippen molar-refractivity contribution in [2.24, 2.45) is 7.05 Å². The molecule has 6 nitrogen and oxygen atoms in total. The minimum atomic E-state index is -1.13. The van der Waals surface area contributed by atoms with E-state index in [9.17, 15) is 19.8 Å². The minimum Gasteiger partial charge on any atom is -0.508 e. The number of hydrogen-bond acceptors (Lipinski definition) is 3. The van der Waals surface area contributed by atoms with Crippen LogP contribution in [-0.4, -0.2) is 25.3 Å². The number of aromatic nitrogens is 2. The van der Waals surface area contributed by atoms with Crippen molar-refractivity contribution in [2.75, 3.05) is 0 Å². The lowest BCUT2D eigenvalue weighted by Gasteiger charge is -2.21. The van der Waals surface area contributed by atoms with E-state index < -0.39 is 11.9 Å². The first kappa shape index (κ1) is 22.2. The summed E-state index contributed by atoms with van der Waals surface area (Å²) in [6.07, 6.45) is 1.74. The van der Waals surface area contributed by atoms with Gasteiger partial charge in [0.15, 0.2) is 0 Å². The van der Waals surface area contributed by atoms with Crippen LogP contribution in [0.15, 0.2) is 95.9 Å². The Bertz CT molecular complexity index is 1610. The van der Waals surface area contributed by atoms with E-state index in [4.69, 9.17) is 0 Å². The number of fused-ring (bicyclic) bond motifs is 1. The SMILES string of the molecule is Cc1ccc(-n2c(C(=O)O)cc3c(C(c4ccccc4)c4ccccc4O)cn(C)c(=O)c32)cc1. The molecule has 2 N–H and O–H groups in total. The first-order valence-electron chi connectivity index (χ1n) is 11.2. The van der Waals surface area contributed by atoms with Gasteiger partial charge in [-0.3, -0.25) is 9.36 Å². The average Bonchev–Trinajstić information content (AvgIpc) is 3.26. The number of benzene rings is 3. The molecule has 5 rings (SSSR count). The molecule has 0 radical (unpaired) electrons. The molecule has 0 saturated heterocycles. The van der Waals surface area contributed by atoms with Gasteiger partial charge >= 0.3 is 5.97 Å². The monoisotopic (exact) mass is 464 g/mol. The van der Waals surface area contributed by atoms with Crippen molar-refractivity contribution >= 4 is 16.9 Å². The molecule has 0 saturated carbocycles. The van der Waals surface area contributed by atoms with Crippen LogP contribution in [0.25, 0.3) is 16.6 Å². The number of rotatable bonds is 5. The van der Waals surface area contributed by atoms with Crippen LogP contribution in [0.3, 0.4) is 0 Å². The summed E-state index contributed by atoms with van der Waals surface area (Å²) < 4.78 is 2.99. The smallest absolute Gasteiger partial charge is 0.352 e. The Morgan fingerprint density at radius 1 is 0.886 bits per heavy atom. The molecule has 0 bridgehead atoms. The lowest BCUT2D eigenvalue weighted by Crippen LogP contribution is -2.21. The van der Waals surface area contributed by atoms with Crippen molar-refractivity contribution in [3.63, 3.8) is 0 Å². The topological polar surface area (TPSA) is 84.5 Å². The van der Waals surface area contributed by atoms with Gasteiger partial charge in [-0.2, -0.15) is 0 Å². The van der Waals surface area contributed by atoms with Gasteiger partial charge in [-0.05, 0) is 42.3 Å². The quantitative estimate of drug-likeness (QED) is 0.373. The van der Waals surface area contributed by atoms with Gasteiger partial charge in [0.05, 0.1) is 0 Å². The van der Waals surface area contributed by atoms with Crippen LogP contribution in [-0.2, 0) is 7.05 Å². The zero-order valence-electron chi connectivity index (χ0n) is 19.3. The van der Waals surface area contributed by atoms with Gasteiger partial charge in [-0.1, -0.05) is 66.2 Å². The maximum Gasteiger partial charge on any atom is 0.352 e. The van der Waals surface area contributed by atoms with Crippen LogP contribution in [0.4, 0.5) is 0 Å². The third kappa shape index (κ3) is 3.79. The van der Waals surface area contributed by atoms with Crippen LogP contribution >= 0.6 is 0 Å². The first-order valence-corrected chi connectivity index (χ1v) is 11.2. The van der Waals surface area contributed by atoms with E-state index in [1.54, 1.807) is 31.4 Å². The van der Waals surface area contributed by atoms with Crippen molar-refractivity contribution in [1.29, 1.82) is 0 Å². The lowest BCUT2D eigenvalue weighted by molar-refractivity contribution is 0.0688. The summed E-state index contributed by atoms with van der Waals surface area (Å²) in [5.41, 5.74) is 3.90. The zero-order chi connectivity index (χ0) is 24.7. The molecule has 1 atom stereocenters. The number of carboxylic acid groups (broad SMARTS) is 1. The molecule has 0 fully saturated rings. The fourth-order valence-corrected chi connectivity index (χ4v) is 4.70.